The van der Waals surface area contributed by atoms with Crippen LogP contribution >= 0.6 is 0 Å². The summed E-state index contributed by atoms with van der Waals surface area (Å²) in [6.45, 7) is 2.64. The second-order valence-corrected chi connectivity index (χ2v) is 6.68. The van der Waals surface area contributed by atoms with Crippen LogP contribution in [-0.4, -0.2) is 23.8 Å². The fourth-order valence-corrected chi connectivity index (χ4v) is 3.58. The van der Waals surface area contributed by atoms with Crippen LogP contribution in [0.15, 0.2) is 54.6 Å². The van der Waals surface area contributed by atoms with E-state index in [4.69, 9.17) is 20.2 Å². The van der Waals surface area contributed by atoms with Gasteiger partial charge in [-0.1, -0.05) is 42.5 Å². The third-order valence-corrected chi connectivity index (χ3v) is 4.90. The van der Waals surface area contributed by atoms with Gasteiger partial charge in [0, 0.05) is 12.1 Å². The van der Waals surface area contributed by atoms with Gasteiger partial charge >= 0.3 is 0 Å². The minimum absolute atomic E-state index is 0.190. The van der Waals surface area contributed by atoms with Gasteiger partial charge in [-0.2, -0.15) is 0 Å². The molecule has 4 rings (SSSR count). The van der Waals surface area contributed by atoms with Crippen molar-refractivity contribution in [3.05, 3.63) is 66.0 Å². The summed E-state index contributed by atoms with van der Waals surface area (Å²) in [6, 6.07) is 18.5. The van der Waals surface area contributed by atoms with E-state index in [0.717, 1.165) is 16.9 Å². The number of nitrogens with two attached hydrogens (primary N) is 1. The van der Waals surface area contributed by atoms with Crippen molar-refractivity contribution in [2.24, 2.45) is 5.73 Å². The second kappa shape index (κ2) is 6.93. The molecule has 2 N–H and O–H groups in total. The molecule has 1 aromatic heterocycles. The van der Waals surface area contributed by atoms with Crippen molar-refractivity contribution in [2.45, 2.75) is 19.5 Å². The monoisotopic (exact) mass is 361 g/mol. The highest BCUT2D eigenvalue weighted by molar-refractivity contribution is 5.86. The lowest BCUT2D eigenvalue weighted by atomic mass is 10.0. The number of methoxy groups -OCH3 is 2. The standard InChI is InChI=1S/C22H23N3O2/c1-14(23)22-24-18-11-20(26-2)21(27-3)12-19(18)25(22)13-16-9-6-8-15-7-4-5-10-17(15)16/h4-12,14H,13,23H2,1-3H3. The molecule has 0 fully saturated rings. The van der Waals surface area contributed by atoms with Crippen molar-refractivity contribution in [3.63, 3.8) is 0 Å². The van der Waals surface area contributed by atoms with E-state index in [-0.39, 0.29) is 6.04 Å². The summed E-state index contributed by atoms with van der Waals surface area (Å²) in [5.74, 6) is 2.18. The number of rotatable bonds is 5. The van der Waals surface area contributed by atoms with Crippen LogP contribution in [0.2, 0.25) is 0 Å². The SMILES string of the molecule is COc1cc2nc(C(C)N)n(Cc3cccc4ccccc34)c2cc1OC. The molecule has 0 radical (unpaired) electrons. The first-order chi connectivity index (χ1) is 13.1. The molecular weight excluding hydrogens is 338 g/mol. The van der Waals surface area contributed by atoms with Crippen LogP contribution < -0.4 is 15.2 Å². The lowest BCUT2D eigenvalue weighted by molar-refractivity contribution is 0.355. The number of hydrogen-bond acceptors (Lipinski definition) is 4. The predicted molar refractivity (Wildman–Crippen MR) is 108 cm³/mol. The summed E-state index contributed by atoms with van der Waals surface area (Å²) in [4.78, 5) is 4.77. The van der Waals surface area contributed by atoms with Crippen LogP contribution in [0.4, 0.5) is 0 Å². The minimum Gasteiger partial charge on any atom is -0.493 e. The van der Waals surface area contributed by atoms with Gasteiger partial charge in [0.25, 0.3) is 0 Å². The topological polar surface area (TPSA) is 62.3 Å². The fourth-order valence-electron chi connectivity index (χ4n) is 3.58. The molecule has 0 saturated carbocycles. The van der Waals surface area contributed by atoms with Gasteiger partial charge in [0.1, 0.15) is 5.82 Å². The number of benzene rings is 3. The Kier molecular flexibility index (Phi) is 4.46. The Bertz CT molecular complexity index is 1110. The van der Waals surface area contributed by atoms with Gasteiger partial charge in [0.05, 0.1) is 37.8 Å². The van der Waals surface area contributed by atoms with Crippen molar-refractivity contribution in [2.75, 3.05) is 14.2 Å². The second-order valence-electron chi connectivity index (χ2n) is 6.68. The number of aromatic nitrogens is 2. The summed E-state index contributed by atoms with van der Waals surface area (Å²) in [6.07, 6.45) is 0. The number of ether oxygens (including phenoxy) is 2. The van der Waals surface area contributed by atoms with Crippen molar-refractivity contribution in [1.82, 2.24) is 9.55 Å². The van der Waals surface area contributed by atoms with E-state index in [1.807, 2.05) is 19.1 Å². The van der Waals surface area contributed by atoms with Crippen LogP contribution in [0.1, 0.15) is 24.4 Å². The lowest BCUT2D eigenvalue weighted by Crippen LogP contribution is -2.14. The average molecular weight is 361 g/mol. The third-order valence-electron chi connectivity index (χ3n) is 4.90. The van der Waals surface area contributed by atoms with Gasteiger partial charge in [0.15, 0.2) is 11.5 Å². The van der Waals surface area contributed by atoms with E-state index < -0.39 is 0 Å². The van der Waals surface area contributed by atoms with Crippen molar-refractivity contribution in [3.8, 4) is 11.5 Å². The Morgan fingerprint density at radius 1 is 1.00 bits per heavy atom. The molecule has 138 valence electrons. The first-order valence-electron chi connectivity index (χ1n) is 8.96. The van der Waals surface area contributed by atoms with Gasteiger partial charge in [-0.15, -0.1) is 0 Å². The highest BCUT2D eigenvalue weighted by atomic mass is 16.5. The maximum absolute atomic E-state index is 6.24. The van der Waals surface area contributed by atoms with Crippen molar-refractivity contribution < 1.29 is 9.47 Å². The third kappa shape index (κ3) is 3.00. The molecule has 1 heterocycles. The Labute approximate surface area is 158 Å². The van der Waals surface area contributed by atoms with Crippen molar-refractivity contribution >= 4 is 21.8 Å². The summed E-state index contributed by atoms with van der Waals surface area (Å²) < 4.78 is 13.1. The molecule has 0 aliphatic carbocycles. The van der Waals surface area contributed by atoms with E-state index in [0.29, 0.717) is 18.0 Å². The highest BCUT2D eigenvalue weighted by Gasteiger charge is 2.18. The van der Waals surface area contributed by atoms with Crippen LogP contribution in [0.3, 0.4) is 0 Å². The van der Waals surface area contributed by atoms with Gasteiger partial charge in [-0.05, 0) is 23.3 Å². The van der Waals surface area contributed by atoms with Crippen LogP contribution in [0.5, 0.6) is 11.5 Å². The molecule has 1 atom stereocenters. The zero-order chi connectivity index (χ0) is 19.0. The minimum atomic E-state index is -0.190. The van der Waals surface area contributed by atoms with Gasteiger partial charge in [0.2, 0.25) is 0 Å². The lowest BCUT2D eigenvalue weighted by Gasteiger charge is -2.14. The fraction of sp³-hybridized carbons (Fsp3) is 0.227. The molecule has 4 aromatic rings. The van der Waals surface area contributed by atoms with E-state index in [2.05, 4.69) is 47.0 Å². The maximum Gasteiger partial charge on any atom is 0.163 e. The molecule has 27 heavy (non-hydrogen) atoms. The molecule has 0 saturated heterocycles. The number of nitrogens with zero attached hydrogens (tertiary/aromatic N) is 2. The van der Waals surface area contributed by atoms with E-state index >= 15 is 0 Å². The Balaban J connectivity index is 1.92. The summed E-state index contributed by atoms with van der Waals surface area (Å²) in [5, 5.41) is 2.46. The molecule has 3 aromatic carbocycles. The molecule has 5 nitrogen and oxygen atoms in total. The highest BCUT2D eigenvalue weighted by Crippen LogP contribution is 2.34. The first kappa shape index (κ1) is 17.4. The van der Waals surface area contributed by atoms with E-state index in [1.165, 1.54) is 16.3 Å². The van der Waals surface area contributed by atoms with E-state index in [9.17, 15) is 0 Å². The smallest absolute Gasteiger partial charge is 0.163 e. The van der Waals surface area contributed by atoms with Gasteiger partial charge < -0.3 is 19.8 Å². The molecule has 0 aliphatic rings. The van der Waals surface area contributed by atoms with Crippen LogP contribution in [-0.2, 0) is 6.54 Å². The average Bonchev–Trinajstić information content (AvgIpc) is 3.04. The normalized spacial score (nSPS) is 12.4. The molecular formula is C22H23N3O2. The predicted octanol–water partition coefficient (Wildman–Crippen LogP) is 4.27. The van der Waals surface area contributed by atoms with E-state index in [1.54, 1.807) is 14.2 Å². The molecule has 5 heteroatoms. The number of fused-ring (bicyclic) bond motifs is 2. The molecule has 1 unspecified atom stereocenters. The van der Waals surface area contributed by atoms with Crippen LogP contribution in [0, 0.1) is 0 Å². The van der Waals surface area contributed by atoms with Crippen LogP contribution in [0.25, 0.3) is 21.8 Å². The number of hydrogen-bond donors (Lipinski definition) is 1. The Morgan fingerprint density at radius 3 is 2.44 bits per heavy atom. The molecule has 0 spiro atoms. The first-order valence-corrected chi connectivity index (χ1v) is 8.96. The molecule has 0 bridgehead atoms. The molecule has 0 amide bonds. The van der Waals surface area contributed by atoms with Gasteiger partial charge in [-0.3, -0.25) is 0 Å². The maximum atomic E-state index is 6.24. The summed E-state index contributed by atoms with van der Waals surface area (Å²) in [5.41, 5.74) is 9.29. The largest absolute Gasteiger partial charge is 0.493 e. The zero-order valence-electron chi connectivity index (χ0n) is 15.8. The number of imidazole rings is 1. The Morgan fingerprint density at radius 2 is 1.70 bits per heavy atom. The summed E-state index contributed by atoms with van der Waals surface area (Å²) >= 11 is 0. The summed E-state index contributed by atoms with van der Waals surface area (Å²) in [7, 11) is 3.27. The van der Waals surface area contributed by atoms with Gasteiger partial charge in [-0.25, -0.2) is 4.98 Å². The Hall–Kier alpha value is -3.05. The zero-order valence-corrected chi connectivity index (χ0v) is 15.8. The quantitative estimate of drug-likeness (QED) is 0.576. The molecule has 0 aliphatic heterocycles. The van der Waals surface area contributed by atoms with Crippen molar-refractivity contribution in [1.29, 1.82) is 0 Å².